The van der Waals surface area contributed by atoms with E-state index in [9.17, 15) is 27.9 Å². The van der Waals surface area contributed by atoms with Gasteiger partial charge in [0.1, 0.15) is 0 Å². The lowest BCUT2D eigenvalue weighted by Gasteiger charge is -2.19. The number of amides is 1. The molecule has 0 radical (unpaired) electrons. The van der Waals surface area contributed by atoms with Gasteiger partial charge in [0.25, 0.3) is 0 Å². The van der Waals surface area contributed by atoms with E-state index >= 15 is 0 Å². The van der Waals surface area contributed by atoms with Crippen LogP contribution in [0.5, 0.6) is 0 Å². The fourth-order valence-corrected chi connectivity index (χ4v) is 1.84. The number of rotatable bonds is 6. The van der Waals surface area contributed by atoms with Crippen LogP contribution in [0.3, 0.4) is 0 Å². The molecule has 128 valence electrons. The first-order valence-electron chi connectivity index (χ1n) is 6.83. The lowest BCUT2D eigenvalue weighted by molar-refractivity contribution is -0.156. The molecule has 0 fully saturated rings. The predicted octanol–water partition coefficient (Wildman–Crippen LogP) is 2.15. The number of carboxylic acids is 1. The van der Waals surface area contributed by atoms with Gasteiger partial charge in [-0.15, -0.1) is 0 Å². The summed E-state index contributed by atoms with van der Waals surface area (Å²) in [6.07, 6.45) is -4.59. The summed E-state index contributed by atoms with van der Waals surface area (Å²) in [4.78, 5) is 22.4. The Hall–Kier alpha value is -2.09. The van der Waals surface area contributed by atoms with E-state index in [-0.39, 0.29) is 6.42 Å². The van der Waals surface area contributed by atoms with Gasteiger partial charge in [0.2, 0.25) is 5.91 Å². The van der Waals surface area contributed by atoms with Gasteiger partial charge in [0.05, 0.1) is 12.1 Å². The topological polar surface area (TPSA) is 86.6 Å². The van der Waals surface area contributed by atoms with E-state index in [2.05, 4.69) is 5.32 Å². The smallest absolute Gasteiger partial charge is 0.416 e. The molecule has 0 saturated heterocycles. The first kappa shape index (κ1) is 19.0. The molecule has 3 N–H and O–H groups in total. The third-order valence-electron chi connectivity index (χ3n) is 3.37. The van der Waals surface area contributed by atoms with Crippen LogP contribution < -0.4 is 5.32 Å². The molecule has 2 atom stereocenters. The fraction of sp³-hybridized carbons (Fsp3) is 0.467. The van der Waals surface area contributed by atoms with Crippen molar-refractivity contribution in [1.29, 1.82) is 0 Å². The van der Waals surface area contributed by atoms with Crippen molar-refractivity contribution in [1.82, 2.24) is 5.32 Å². The number of carbonyl (C=O) groups is 2. The number of carboxylic acid groups (broad SMARTS) is 1. The van der Waals surface area contributed by atoms with Crippen molar-refractivity contribution in [2.24, 2.45) is 0 Å². The van der Waals surface area contributed by atoms with E-state index < -0.39 is 41.7 Å². The number of alkyl halides is 3. The van der Waals surface area contributed by atoms with Crippen LogP contribution in [0, 0.1) is 0 Å². The number of nitrogens with one attached hydrogen (secondary N) is 1. The molecule has 0 heterocycles. The summed E-state index contributed by atoms with van der Waals surface area (Å²) in [6, 6.07) is 4.67. The van der Waals surface area contributed by atoms with Crippen molar-refractivity contribution < 1.29 is 33.0 Å². The quantitative estimate of drug-likeness (QED) is 0.744. The number of hydrogen-bond acceptors (Lipinski definition) is 3. The lowest BCUT2D eigenvalue weighted by atomic mass is 9.95. The second-order valence-corrected chi connectivity index (χ2v) is 5.58. The third-order valence-corrected chi connectivity index (χ3v) is 3.37. The molecule has 0 spiro atoms. The van der Waals surface area contributed by atoms with E-state index in [4.69, 9.17) is 5.11 Å². The van der Waals surface area contributed by atoms with Crippen LogP contribution in [0.1, 0.15) is 37.3 Å². The third kappa shape index (κ3) is 5.55. The van der Waals surface area contributed by atoms with E-state index in [1.54, 1.807) is 6.92 Å². The summed E-state index contributed by atoms with van der Waals surface area (Å²) in [5.41, 5.74) is -2.55. The Balaban J connectivity index is 2.68. The van der Waals surface area contributed by atoms with E-state index in [0.29, 0.717) is 5.56 Å². The number of hydrogen-bond donors (Lipinski definition) is 3. The van der Waals surface area contributed by atoms with E-state index in [1.165, 1.54) is 12.1 Å². The highest BCUT2D eigenvalue weighted by Crippen LogP contribution is 2.31. The SMILES string of the molecule is CC(CC(=O)NCC(C)(O)C(=O)O)c1cccc(C(F)(F)F)c1. The van der Waals surface area contributed by atoms with Gasteiger partial charge in [0, 0.05) is 6.42 Å². The highest BCUT2D eigenvalue weighted by atomic mass is 19.4. The van der Waals surface area contributed by atoms with Gasteiger partial charge in [-0.25, -0.2) is 4.79 Å². The summed E-state index contributed by atoms with van der Waals surface area (Å²) < 4.78 is 38.0. The Morgan fingerprint density at radius 2 is 1.91 bits per heavy atom. The van der Waals surface area contributed by atoms with E-state index in [0.717, 1.165) is 19.1 Å². The minimum Gasteiger partial charge on any atom is -0.479 e. The van der Waals surface area contributed by atoms with E-state index in [1.807, 2.05) is 0 Å². The van der Waals surface area contributed by atoms with Crippen molar-refractivity contribution in [3.63, 3.8) is 0 Å². The summed E-state index contributed by atoms with van der Waals surface area (Å²) in [7, 11) is 0. The number of carbonyl (C=O) groups excluding carboxylic acids is 1. The molecule has 0 aromatic heterocycles. The van der Waals surface area contributed by atoms with Gasteiger partial charge in [-0.3, -0.25) is 4.79 Å². The molecule has 1 rings (SSSR count). The van der Waals surface area contributed by atoms with Crippen LogP contribution in [-0.2, 0) is 15.8 Å². The van der Waals surface area contributed by atoms with Gasteiger partial charge in [-0.05, 0) is 24.5 Å². The van der Waals surface area contributed by atoms with Gasteiger partial charge < -0.3 is 15.5 Å². The maximum Gasteiger partial charge on any atom is 0.416 e. The minimum absolute atomic E-state index is 0.128. The molecule has 1 amide bonds. The zero-order valence-electron chi connectivity index (χ0n) is 12.6. The molecule has 0 aliphatic carbocycles. The molecule has 8 heteroatoms. The highest BCUT2D eigenvalue weighted by molar-refractivity contribution is 5.80. The van der Waals surface area contributed by atoms with Crippen molar-refractivity contribution in [3.8, 4) is 0 Å². The molecule has 0 aliphatic heterocycles. The zero-order chi connectivity index (χ0) is 17.8. The standard InChI is InChI=1S/C15H18F3NO4/c1-9(6-12(20)19-8-14(2,23)13(21)22)10-4-3-5-11(7-10)15(16,17)18/h3-5,7,9,23H,6,8H2,1-2H3,(H,19,20)(H,21,22). The first-order valence-corrected chi connectivity index (χ1v) is 6.83. The second-order valence-electron chi connectivity index (χ2n) is 5.58. The summed E-state index contributed by atoms with van der Waals surface area (Å²) >= 11 is 0. The van der Waals surface area contributed by atoms with Gasteiger partial charge in [0.15, 0.2) is 5.60 Å². The average molecular weight is 333 g/mol. The summed E-state index contributed by atoms with van der Waals surface area (Å²) in [5, 5.41) is 20.4. The minimum atomic E-state index is -4.46. The lowest BCUT2D eigenvalue weighted by Crippen LogP contribution is -2.46. The molecule has 2 unspecified atom stereocenters. The second kappa shape index (κ2) is 6.99. The van der Waals surface area contributed by atoms with Crippen LogP contribution in [0.2, 0.25) is 0 Å². The van der Waals surface area contributed by atoms with Crippen LogP contribution in [0.15, 0.2) is 24.3 Å². The Bertz CT molecular complexity index is 584. The maximum absolute atomic E-state index is 12.7. The molecular weight excluding hydrogens is 315 g/mol. The Morgan fingerprint density at radius 3 is 2.43 bits per heavy atom. The van der Waals surface area contributed by atoms with Crippen LogP contribution in [-0.4, -0.2) is 34.2 Å². The van der Waals surface area contributed by atoms with Crippen molar-refractivity contribution >= 4 is 11.9 Å². The first-order chi connectivity index (χ1) is 10.4. The molecule has 0 bridgehead atoms. The Kier molecular flexibility index (Phi) is 5.76. The fourth-order valence-electron chi connectivity index (χ4n) is 1.84. The predicted molar refractivity (Wildman–Crippen MR) is 75.7 cm³/mol. The maximum atomic E-state index is 12.7. The number of aliphatic hydroxyl groups is 1. The Labute approximate surface area is 131 Å². The molecular formula is C15H18F3NO4. The largest absolute Gasteiger partial charge is 0.479 e. The average Bonchev–Trinajstić information content (AvgIpc) is 2.44. The monoisotopic (exact) mass is 333 g/mol. The molecule has 0 aliphatic rings. The van der Waals surface area contributed by atoms with Crippen LogP contribution in [0.4, 0.5) is 13.2 Å². The van der Waals surface area contributed by atoms with Crippen LogP contribution in [0.25, 0.3) is 0 Å². The molecule has 1 aromatic rings. The zero-order valence-corrected chi connectivity index (χ0v) is 12.6. The number of benzene rings is 1. The van der Waals surface area contributed by atoms with Gasteiger partial charge in [-0.2, -0.15) is 13.2 Å². The van der Waals surface area contributed by atoms with Crippen LogP contribution >= 0.6 is 0 Å². The van der Waals surface area contributed by atoms with Crippen molar-refractivity contribution in [3.05, 3.63) is 35.4 Å². The number of halogens is 3. The highest BCUT2D eigenvalue weighted by Gasteiger charge is 2.32. The summed E-state index contributed by atoms with van der Waals surface area (Å²) in [6.45, 7) is 2.13. The Morgan fingerprint density at radius 1 is 1.30 bits per heavy atom. The molecule has 0 saturated carbocycles. The van der Waals surface area contributed by atoms with Crippen molar-refractivity contribution in [2.45, 2.75) is 38.0 Å². The van der Waals surface area contributed by atoms with Crippen molar-refractivity contribution in [2.75, 3.05) is 6.54 Å². The summed E-state index contributed by atoms with van der Waals surface area (Å²) in [5.74, 6) is -2.53. The number of aliphatic carboxylic acids is 1. The normalized spacial score (nSPS) is 15.6. The molecule has 23 heavy (non-hydrogen) atoms. The molecule has 5 nitrogen and oxygen atoms in total. The van der Waals surface area contributed by atoms with Gasteiger partial charge in [-0.1, -0.05) is 25.1 Å². The van der Waals surface area contributed by atoms with Gasteiger partial charge >= 0.3 is 12.1 Å². The molecule has 1 aromatic carbocycles.